The van der Waals surface area contributed by atoms with E-state index in [9.17, 15) is 5.11 Å². The van der Waals surface area contributed by atoms with Crippen LogP contribution in [0, 0.1) is 0 Å². The van der Waals surface area contributed by atoms with Crippen molar-refractivity contribution in [3.8, 4) is 0 Å². The molecule has 6 nitrogen and oxygen atoms in total. The topological polar surface area (TPSA) is 65.7 Å². The van der Waals surface area contributed by atoms with Crippen LogP contribution in [0.2, 0.25) is 0 Å². The summed E-state index contributed by atoms with van der Waals surface area (Å²) in [7, 11) is 0. The fourth-order valence-electron chi connectivity index (χ4n) is 2.05. The summed E-state index contributed by atoms with van der Waals surface area (Å²) in [6, 6.07) is 1.91. The monoisotopic (exact) mass is 251 g/mol. The first-order chi connectivity index (χ1) is 8.79. The van der Waals surface area contributed by atoms with E-state index in [-0.39, 0.29) is 6.10 Å². The Morgan fingerprint density at radius 2 is 2.50 bits per heavy atom. The molecule has 6 heteroatoms. The van der Waals surface area contributed by atoms with Gasteiger partial charge in [0.15, 0.2) is 5.96 Å². The van der Waals surface area contributed by atoms with Crippen LogP contribution in [0.15, 0.2) is 23.5 Å². The predicted molar refractivity (Wildman–Crippen MR) is 70.4 cm³/mol. The molecule has 1 aromatic rings. The Bertz CT molecular complexity index is 376. The highest BCUT2D eigenvalue weighted by Crippen LogP contribution is 2.08. The van der Waals surface area contributed by atoms with Crippen LogP contribution < -0.4 is 5.32 Å². The van der Waals surface area contributed by atoms with E-state index in [0.717, 1.165) is 32.0 Å². The van der Waals surface area contributed by atoms with E-state index < -0.39 is 0 Å². The molecule has 0 spiro atoms. The Kier molecular flexibility index (Phi) is 4.58. The molecule has 100 valence electrons. The van der Waals surface area contributed by atoms with Gasteiger partial charge in [0.1, 0.15) is 0 Å². The number of hydrogen-bond donors (Lipinski definition) is 2. The Balaban J connectivity index is 1.88. The van der Waals surface area contributed by atoms with Crippen LogP contribution >= 0.6 is 0 Å². The predicted octanol–water partition coefficient (Wildman–Crippen LogP) is -0.0848. The molecule has 2 rings (SSSR count). The van der Waals surface area contributed by atoms with Crippen LogP contribution in [0.25, 0.3) is 0 Å². The molecule has 0 bridgehead atoms. The van der Waals surface area contributed by atoms with Gasteiger partial charge >= 0.3 is 0 Å². The molecule has 0 saturated carbocycles. The van der Waals surface area contributed by atoms with Crippen LogP contribution in [-0.4, -0.2) is 58.0 Å². The summed E-state index contributed by atoms with van der Waals surface area (Å²) in [6.45, 7) is 5.90. The van der Waals surface area contributed by atoms with Gasteiger partial charge in [-0.05, 0) is 19.4 Å². The third-order valence-corrected chi connectivity index (χ3v) is 2.95. The zero-order chi connectivity index (χ0) is 12.8. The summed E-state index contributed by atoms with van der Waals surface area (Å²) in [5.74, 6) is 0.890. The number of aliphatic imine (C=N–C) groups is 1. The summed E-state index contributed by atoms with van der Waals surface area (Å²) in [5.41, 5.74) is 0. The Morgan fingerprint density at radius 3 is 3.11 bits per heavy atom. The van der Waals surface area contributed by atoms with Crippen LogP contribution in [-0.2, 0) is 6.54 Å². The Morgan fingerprint density at radius 1 is 1.61 bits per heavy atom. The maximum Gasteiger partial charge on any atom is 0.194 e. The van der Waals surface area contributed by atoms with Gasteiger partial charge in [-0.3, -0.25) is 9.67 Å². The highest BCUT2D eigenvalue weighted by Gasteiger charge is 2.22. The van der Waals surface area contributed by atoms with Gasteiger partial charge in [-0.25, -0.2) is 0 Å². The van der Waals surface area contributed by atoms with E-state index >= 15 is 0 Å². The van der Waals surface area contributed by atoms with Crippen LogP contribution in [0.1, 0.15) is 13.3 Å². The molecule has 0 unspecified atom stereocenters. The minimum absolute atomic E-state index is 0.222. The molecular weight excluding hydrogens is 230 g/mol. The molecule has 2 N–H and O–H groups in total. The van der Waals surface area contributed by atoms with E-state index in [4.69, 9.17) is 0 Å². The average Bonchev–Trinajstić information content (AvgIpc) is 2.99. The molecule has 18 heavy (non-hydrogen) atoms. The molecule has 0 amide bonds. The lowest BCUT2D eigenvalue weighted by atomic mass is 10.3. The van der Waals surface area contributed by atoms with Crippen molar-refractivity contribution in [3.05, 3.63) is 18.5 Å². The SMILES string of the molecule is CCNC(=NCCn1cccn1)N1CC[C@@H](O)C1. The second-order valence-corrected chi connectivity index (χ2v) is 4.39. The number of hydrogen-bond acceptors (Lipinski definition) is 3. The summed E-state index contributed by atoms with van der Waals surface area (Å²) in [5, 5.41) is 17.0. The fraction of sp³-hybridized carbons (Fsp3) is 0.667. The number of aromatic nitrogens is 2. The molecular formula is C12H21N5O. The molecule has 1 atom stereocenters. The first-order valence-electron chi connectivity index (χ1n) is 6.48. The number of β-amino-alcohol motifs (C(OH)–C–C–N with tert-alkyl or cyclic N) is 1. The van der Waals surface area contributed by atoms with E-state index in [2.05, 4.69) is 27.2 Å². The minimum Gasteiger partial charge on any atom is -0.391 e. The van der Waals surface area contributed by atoms with Gasteiger partial charge < -0.3 is 15.3 Å². The first kappa shape index (κ1) is 12.9. The van der Waals surface area contributed by atoms with E-state index in [1.807, 2.05) is 16.9 Å². The maximum atomic E-state index is 9.55. The maximum absolute atomic E-state index is 9.55. The average molecular weight is 251 g/mol. The minimum atomic E-state index is -0.222. The largest absolute Gasteiger partial charge is 0.391 e. The van der Waals surface area contributed by atoms with Crippen molar-refractivity contribution in [2.75, 3.05) is 26.2 Å². The number of guanidine groups is 1. The number of aliphatic hydroxyl groups is 1. The molecule has 1 saturated heterocycles. The normalized spacial score (nSPS) is 20.4. The fourth-order valence-corrected chi connectivity index (χ4v) is 2.05. The molecule has 0 radical (unpaired) electrons. The number of nitrogens with zero attached hydrogens (tertiary/aromatic N) is 4. The lowest BCUT2D eigenvalue weighted by molar-refractivity contribution is 0.188. The first-order valence-corrected chi connectivity index (χ1v) is 6.48. The molecule has 2 heterocycles. The van der Waals surface area contributed by atoms with Crippen molar-refractivity contribution in [2.45, 2.75) is 26.0 Å². The second-order valence-electron chi connectivity index (χ2n) is 4.39. The van der Waals surface area contributed by atoms with Gasteiger partial charge in [-0.2, -0.15) is 5.10 Å². The van der Waals surface area contributed by atoms with Crippen molar-refractivity contribution >= 4 is 5.96 Å². The molecule has 1 aliphatic heterocycles. The molecule has 1 fully saturated rings. The zero-order valence-corrected chi connectivity index (χ0v) is 10.8. The summed E-state index contributed by atoms with van der Waals surface area (Å²) in [6.07, 6.45) is 4.30. The quantitative estimate of drug-likeness (QED) is 0.580. The molecule has 0 aliphatic carbocycles. The number of rotatable bonds is 4. The molecule has 0 aromatic carbocycles. The number of likely N-dealkylation sites (tertiary alicyclic amines) is 1. The Hall–Kier alpha value is -1.56. The molecule has 1 aromatic heterocycles. The zero-order valence-electron chi connectivity index (χ0n) is 10.8. The van der Waals surface area contributed by atoms with E-state index in [1.165, 1.54) is 0 Å². The van der Waals surface area contributed by atoms with E-state index in [0.29, 0.717) is 13.1 Å². The second kappa shape index (κ2) is 6.39. The Labute approximate surface area is 107 Å². The van der Waals surface area contributed by atoms with Crippen molar-refractivity contribution in [1.29, 1.82) is 0 Å². The van der Waals surface area contributed by atoms with Crippen molar-refractivity contribution < 1.29 is 5.11 Å². The summed E-state index contributed by atoms with van der Waals surface area (Å²) < 4.78 is 1.87. The van der Waals surface area contributed by atoms with Crippen LogP contribution in [0.4, 0.5) is 0 Å². The highest BCUT2D eigenvalue weighted by atomic mass is 16.3. The van der Waals surface area contributed by atoms with Crippen molar-refractivity contribution in [1.82, 2.24) is 20.0 Å². The number of nitrogens with one attached hydrogen (secondary N) is 1. The van der Waals surface area contributed by atoms with E-state index in [1.54, 1.807) is 6.20 Å². The summed E-state index contributed by atoms with van der Waals surface area (Å²) in [4.78, 5) is 6.67. The third kappa shape index (κ3) is 3.46. The highest BCUT2D eigenvalue weighted by molar-refractivity contribution is 5.80. The lowest BCUT2D eigenvalue weighted by Gasteiger charge is -2.20. The van der Waals surface area contributed by atoms with Gasteiger partial charge in [-0.15, -0.1) is 0 Å². The standard InChI is InChI=1S/C12H21N5O/c1-2-13-12(16-8-4-11(18)10-16)14-6-9-17-7-3-5-15-17/h3,5,7,11,18H,2,4,6,8-10H2,1H3,(H,13,14)/t11-/m1/s1. The van der Waals surface area contributed by atoms with Crippen LogP contribution in [0.3, 0.4) is 0 Å². The van der Waals surface area contributed by atoms with Gasteiger partial charge in [-0.1, -0.05) is 0 Å². The lowest BCUT2D eigenvalue weighted by Crippen LogP contribution is -2.40. The van der Waals surface area contributed by atoms with Gasteiger partial charge in [0.25, 0.3) is 0 Å². The number of aliphatic hydroxyl groups excluding tert-OH is 1. The van der Waals surface area contributed by atoms with Crippen molar-refractivity contribution in [3.63, 3.8) is 0 Å². The van der Waals surface area contributed by atoms with Gasteiger partial charge in [0, 0.05) is 32.0 Å². The van der Waals surface area contributed by atoms with Gasteiger partial charge in [0.2, 0.25) is 0 Å². The third-order valence-electron chi connectivity index (χ3n) is 2.95. The molecule has 1 aliphatic rings. The smallest absolute Gasteiger partial charge is 0.194 e. The summed E-state index contributed by atoms with van der Waals surface area (Å²) >= 11 is 0. The van der Waals surface area contributed by atoms with Gasteiger partial charge in [0.05, 0.1) is 19.2 Å². The van der Waals surface area contributed by atoms with Crippen molar-refractivity contribution in [2.24, 2.45) is 4.99 Å². The van der Waals surface area contributed by atoms with Crippen LogP contribution in [0.5, 0.6) is 0 Å².